The minimum atomic E-state index is 0.151. The zero-order valence-corrected chi connectivity index (χ0v) is 4.23. The molecule has 0 aromatic carbocycles. The minimum Gasteiger partial charge on any atom is -0.309 e. The van der Waals surface area contributed by atoms with E-state index >= 15 is 0 Å². The first-order valence-electron chi connectivity index (χ1n) is 3.03. The molecule has 0 bridgehead atoms. The van der Waals surface area contributed by atoms with Gasteiger partial charge in [0.1, 0.15) is 0 Å². The van der Waals surface area contributed by atoms with Crippen LogP contribution >= 0.6 is 0 Å². The summed E-state index contributed by atoms with van der Waals surface area (Å²) in [5.74, 6) is 0. The van der Waals surface area contributed by atoms with Gasteiger partial charge in [0, 0.05) is 6.21 Å². The molecule has 0 amide bonds. The Balaban J connectivity index is 4.27. The zero-order valence-electron chi connectivity index (χ0n) is 6.23. The highest BCUT2D eigenvalue weighted by molar-refractivity contribution is 5.69. The summed E-state index contributed by atoms with van der Waals surface area (Å²) in [7, 11) is 0. The number of rotatable bonds is 2. The van der Waals surface area contributed by atoms with E-state index in [1.807, 2.05) is 0 Å². The molecule has 1 nitrogen and oxygen atoms in total. The van der Waals surface area contributed by atoms with Crippen LogP contribution in [0.2, 0.25) is 0 Å². The number of hydrogen-bond donors (Lipinski definition) is 1. The lowest BCUT2D eigenvalue weighted by Gasteiger charge is -1.79. The summed E-state index contributed by atoms with van der Waals surface area (Å²) in [6, 6.07) is 0.151. The third-order valence-electron chi connectivity index (χ3n) is 0.550. The van der Waals surface area contributed by atoms with Crippen LogP contribution in [0.3, 0.4) is 0 Å². The van der Waals surface area contributed by atoms with Crippen LogP contribution < -0.4 is 0 Å². The third-order valence-corrected chi connectivity index (χ3v) is 0.550. The Labute approximate surface area is 46.7 Å². The lowest BCUT2D eigenvalue weighted by Crippen LogP contribution is -1.64. The molecule has 0 saturated heterocycles. The normalized spacial score (nSPS) is 17.9. The van der Waals surface area contributed by atoms with Gasteiger partial charge in [-0.05, 0) is 13.0 Å². The molecule has 0 aliphatic heterocycles. The zero-order chi connectivity index (χ0) is 7.28. The van der Waals surface area contributed by atoms with Gasteiger partial charge in [0.25, 0.3) is 0 Å². The van der Waals surface area contributed by atoms with Crippen LogP contribution in [-0.4, -0.2) is 6.21 Å². The Morgan fingerprint density at radius 3 is 3.29 bits per heavy atom. The molecule has 0 fully saturated rings. The second-order valence-corrected chi connectivity index (χ2v) is 1.14. The van der Waals surface area contributed by atoms with Crippen molar-refractivity contribution in [2.45, 2.75) is 6.92 Å². The van der Waals surface area contributed by atoms with Gasteiger partial charge in [0.05, 0.1) is 2.74 Å². The Morgan fingerprint density at radius 2 is 2.86 bits per heavy atom. The summed E-state index contributed by atoms with van der Waals surface area (Å²) in [4.78, 5) is 0. The lowest BCUT2D eigenvalue weighted by molar-refractivity contribution is 1.52. The molecule has 38 valence electrons. The summed E-state index contributed by atoms with van der Waals surface area (Å²) < 4.78 is 13.7. The topological polar surface area (TPSA) is 23.9 Å². The maximum atomic E-state index is 7.03. The fourth-order valence-electron chi connectivity index (χ4n) is 0.162. The first-order chi connectivity index (χ1) is 4.22. The summed E-state index contributed by atoms with van der Waals surface area (Å²) in [5.41, 5.74) is 0.639. The lowest BCUT2D eigenvalue weighted by atomic mass is 10.3. The fraction of sp³-hybridized carbons (Fsp3) is 0.167. The van der Waals surface area contributed by atoms with Crippen molar-refractivity contribution in [1.82, 2.24) is 0 Å². The van der Waals surface area contributed by atoms with Crippen LogP contribution in [0.1, 0.15) is 9.67 Å². The van der Waals surface area contributed by atoms with E-state index < -0.39 is 0 Å². The van der Waals surface area contributed by atoms with Gasteiger partial charge in [-0.25, -0.2) is 0 Å². The molecule has 0 aromatic rings. The van der Waals surface area contributed by atoms with Crippen molar-refractivity contribution < 1.29 is 2.74 Å². The van der Waals surface area contributed by atoms with Gasteiger partial charge in [-0.3, -0.25) is 0 Å². The maximum absolute atomic E-state index is 7.03. The predicted molar refractivity (Wildman–Crippen MR) is 32.7 cm³/mol. The van der Waals surface area contributed by atoms with E-state index in [0.29, 0.717) is 5.57 Å². The van der Waals surface area contributed by atoms with Gasteiger partial charge in [-0.2, -0.15) is 0 Å². The Hall–Kier alpha value is -0.850. The quantitative estimate of drug-likeness (QED) is 0.401. The SMILES string of the molecule is [2H]C=C/C(C)=C(/[2H])C=N. The average Bonchev–Trinajstić information content (AvgIpc) is 1.87. The molecule has 1 heteroatoms. The van der Waals surface area contributed by atoms with E-state index in [1.165, 1.54) is 6.08 Å². The van der Waals surface area contributed by atoms with Crippen LogP contribution in [-0.2, 0) is 0 Å². The number of nitrogens with one attached hydrogen (secondary N) is 1. The molecule has 0 aliphatic carbocycles. The highest BCUT2D eigenvalue weighted by Gasteiger charge is 1.69. The van der Waals surface area contributed by atoms with Gasteiger partial charge >= 0.3 is 0 Å². The second kappa shape index (κ2) is 3.34. The van der Waals surface area contributed by atoms with E-state index in [2.05, 4.69) is 0 Å². The van der Waals surface area contributed by atoms with Crippen LogP contribution in [0.4, 0.5) is 0 Å². The van der Waals surface area contributed by atoms with Gasteiger partial charge in [0.2, 0.25) is 0 Å². The monoisotopic (exact) mass is 97.1 g/mol. The molecule has 0 aliphatic rings. The molecular weight excluding hydrogens is 86.1 g/mol. The van der Waals surface area contributed by atoms with E-state index in [4.69, 9.17) is 8.15 Å². The van der Waals surface area contributed by atoms with Gasteiger partial charge < -0.3 is 5.41 Å². The van der Waals surface area contributed by atoms with Crippen molar-refractivity contribution in [2.24, 2.45) is 0 Å². The summed E-state index contributed by atoms with van der Waals surface area (Å²) in [6.07, 6.45) is 2.43. The standard InChI is InChI=1S/C6H9N/c1-3-6(2)4-5-7/h3-5,7H,1H2,2H3/b6-4-,7-5?/i1D,4D/b3-1?,6-4-,7-5?. The molecule has 0 heterocycles. The van der Waals surface area contributed by atoms with Crippen LogP contribution in [0.15, 0.2) is 24.3 Å². The largest absolute Gasteiger partial charge is 0.309 e. The van der Waals surface area contributed by atoms with Crippen molar-refractivity contribution in [3.8, 4) is 0 Å². The molecule has 0 radical (unpaired) electrons. The minimum absolute atomic E-state index is 0.151. The predicted octanol–water partition coefficient (Wildman–Crippen LogP) is 1.77. The first-order valence-corrected chi connectivity index (χ1v) is 1.95. The van der Waals surface area contributed by atoms with Crippen molar-refractivity contribution >= 4 is 6.21 Å². The van der Waals surface area contributed by atoms with Crippen molar-refractivity contribution in [3.05, 3.63) is 24.3 Å². The van der Waals surface area contributed by atoms with Crippen molar-refractivity contribution in [2.75, 3.05) is 0 Å². The second-order valence-electron chi connectivity index (χ2n) is 1.14. The number of allylic oxidation sites excluding steroid dienone is 3. The molecule has 0 aromatic heterocycles. The molecule has 0 atom stereocenters. The van der Waals surface area contributed by atoms with Crippen LogP contribution in [0, 0.1) is 5.41 Å². The van der Waals surface area contributed by atoms with E-state index in [0.717, 1.165) is 12.8 Å². The highest BCUT2D eigenvalue weighted by atomic mass is 14.3. The molecular formula is C6H9N. The summed E-state index contributed by atoms with van der Waals surface area (Å²) in [6.45, 7) is 2.80. The van der Waals surface area contributed by atoms with E-state index in [-0.39, 0.29) is 6.05 Å². The molecule has 1 N–H and O–H groups in total. The molecule has 0 saturated carbocycles. The summed E-state index contributed by atoms with van der Waals surface area (Å²) >= 11 is 0. The smallest absolute Gasteiger partial charge is 0.0642 e. The van der Waals surface area contributed by atoms with Gasteiger partial charge in [-0.15, -0.1) is 0 Å². The van der Waals surface area contributed by atoms with E-state index in [9.17, 15) is 0 Å². The van der Waals surface area contributed by atoms with E-state index in [1.54, 1.807) is 6.92 Å². The fourth-order valence-corrected chi connectivity index (χ4v) is 0.162. The summed E-state index contributed by atoms with van der Waals surface area (Å²) in [5, 5.41) is 6.65. The Bertz CT molecular complexity index is 158. The number of hydrogen-bond acceptors (Lipinski definition) is 1. The van der Waals surface area contributed by atoms with Crippen molar-refractivity contribution in [1.29, 1.82) is 5.41 Å². The van der Waals surface area contributed by atoms with Gasteiger partial charge in [-0.1, -0.05) is 18.2 Å². The first kappa shape index (κ1) is 3.19. The highest BCUT2D eigenvalue weighted by Crippen LogP contribution is 1.87. The van der Waals surface area contributed by atoms with Crippen LogP contribution in [0.5, 0.6) is 0 Å². The molecule has 0 rings (SSSR count). The molecule has 7 heavy (non-hydrogen) atoms. The molecule has 0 spiro atoms. The Kier molecular flexibility index (Phi) is 1.52. The maximum Gasteiger partial charge on any atom is 0.0642 e. The van der Waals surface area contributed by atoms with Gasteiger partial charge in [0.15, 0.2) is 0 Å². The van der Waals surface area contributed by atoms with Crippen LogP contribution in [0.25, 0.3) is 0 Å². The third kappa shape index (κ3) is 2.97. The Morgan fingerprint density at radius 1 is 2.14 bits per heavy atom. The molecule has 0 unspecified atom stereocenters. The van der Waals surface area contributed by atoms with Crippen molar-refractivity contribution in [3.63, 3.8) is 0 Å². The average molecular weight is 97.2 g/mol.